The first-order chi connectivity index (χ1) is 12.4. The summed E-state index contributed by atoms with van der Waals surface area (Å²) in [5.74, 6) is 1.29. The molecule has 0 amide bonds. The van der Waals surface area contributed by atoms with Crippen molar-refractivity contribution >= 4 is 16.0 Å². The summed E-state index contributed by atoms with van der Waals surface area (Å²) < 4.78 is 34.1. The summed E-state index contributed by atoms with van der Waals surface area (Å²) in [7, 11) is -2.05. The molecule has 0 aliphatic carbocycles. The Morgan fingerprint density at radius 3 is 2.46 bits per heavy atom. The van der Waals surface area contributed by atoms with Gasteiger partial charge in [-0.3, -0.25) is 0 Å². The smallest absolute Gasteiger partial charge is 0.241 e. The van der Waals surface area contributed by atoms with Gasteiger partial charge in [-0.15, -0.1) is 0 Å². The van der Waals surface area contributed by atoms with Crippen LogP contribution in [-0.4, -0.2) is 44.6 Å². The van der Waals surface area contributed by atoms with Crippen LogP contribution in [0.3, 0.4) is 0 Å². The third-order valence-corrected chi connectivity index (χ3v) is 6.34. The molecule has 26 heavy (non-hydrogen) atoms. The number of aryl methyl sites for hydroxylation is 2. The minimum atomic E-state index is -3.62. The van der Waals surface area contributed by atoms with Crippen molar-refractivity contribution in [2.75, 3.05) is 25.1 Å². The molecule has 7 nitrogen and oxygen atoms in total. The SMILES string of the molecule is COc1cc(C)c(S(=O)(=O)N[C@@H]2CCCN(c3ncccn3)C2)c(C)c1. The minimum absolute atomic E-state index is 0.182. The molecule has 0 saturated carbocycles. The molecule has 1 aliphatic heterocycles. The maximum absolute atomic E-state index is 13.0. The maximum Gasteiger partial charge on any atom is 0.241 e. The highest BCUT2D eigenvalue weighted by molar-refractivity contribution is 7.89. The number of ether oxygens (including phenoxy) is 1. The third kappa shape index (κ3) is 3.96. The summed E-state index contributed by atoms with van der Waals surface area (Å²) in [6, 6.07) is 5.07. The predicted octanol–water partition coefficient (Wildman–Crippen LogP) is 2.05. The van der Waals surface area contributed by atoms with Gasteiger partial charge in [0.15, 0.2) is 0 Å². The van der Waals surface area contributed by atoms with Gasteiger partial charge in [-0.2, -0.15) is 0 Å². The first kappa shape index (κ1) is 18.6. The molecule has 1 aromatic heterocycles. The lowest BCUT2D eigenvalue weighted by Crippen LogP contribution is -2.48. The van der Waals surface area contributed by atoms with Crippen molar-refractivity contribution in [1.82, 2.24) is 14.7 Å². The van der Waals surface area contributed by atoms with Gasteiger partial charge in [-0.1, -0.05) is 0 Å². The van der Waals surface area contributed by atoms with E-state index in [-0.39, 0.29) is 6.04 Å². The molecule has 0 unspecified atom stereocenters. The lowest BCUT2D eigenvalue weighted by Gasteiger charge is -2.33. The zero-order valence-electron chi connectivity index (χ0n) is 15.3. The molecule has 140 valence electrons. The summed E-state index contributed by atoms with van der Waals surface area (Å²) in [6.45, 7) is 4.95. The number of methoxy groups -OCH3 is 1. The van der Waals surface area contributed by atoms with Crippen LogP contribution in [0.2, 0.25) is 0 Å². The highest BCUT2D eigenvalue weighted by Crippen LogP contribution is 2.26. The Labute approximate surface area is 154 Å². The lowest BCUT2D eigenvalue weighted by molar-refractivity contribution is 0.413. The van der Waals surface area contributed by atoms with Gasteiger partial charge >= 0.3 is 0 Å². The summed E-state index contributed by atoms with van der Waals surface area (Å²) >= 11 is 0. The molecule has 0 radical (unpaired) electrons. The zero-order chi connectivity index (χ0) is 18.7. The van der Waals surface area contributed by atoms with Crippen molar-refractivity contribution in [3.63, 3.8) is 0 Å². The van der Waals surface area contributed by atoms with E-state index in [1.165, 1.54) is 0 Å². The van der Waals surface area contributed by atoms with Gasteiger partial charge in [0.25, 0.3) is 0 Å². The standard InChI is InChI=1S/C18H24N4O3S/c1-13-10-16(25-3)11-14(2)17(13)26(23,24)21-15-6-4-9-22(12-15)18-19-7-5-8-20-18/h5,7-8,10-11,15,21H,4,6,9,12H2,1-3H3/t15-/m1/s1. The first-order valence-electron chi connectivity index (χ1n) is 8.60. The van der Waals surface area contributed by atoms with Gasteiger partial charge in [-0.05, 0) is 56.0 Å². The van der Waals surface area contributed by atoms with Crippen LogP contribution in [0.4, 0.5) is 5.95 Å². The number of anilines is 1. The minimum Gasteiger partial charge on any atom is -0.497 e. The van der Waals surface area contributed by atoms with Gasteiger partial charge in [0.05, 0.1) is 12.0 Å². The zero-order valence-corrected chi connectivity index (χ0v) is 16.1. The molecule has 1 aliphatic rings. The predicted molar refractivity (Wildman–Crippen MR) is 100 cm³/mol. The molecule has 0 bridgehead atoms. The first-order valence-corrected chi connectivity index (χ1v) is 10.1. The fourth-order valence-electron chi connectivity index (χ4n) is 3.44. The van der Waals surface area contributed by atoms with Crippen molar-refractivity contribution in [1.29, 1.82) is 0 Å². The van der Waals surface area contributed by atoms with Crippen molar-refractivity contribution in [2.24, 2.45) is 0 Å². The number of hydrogen-bond donors (Lipinski definition) is 1. The van der Waals surface area contributed by atoms with Gasteiger partial charge in [-0.25, -0.2) is 23.1 Å². The summed E-state index contributed by atoms with van der Waals surface area (Å²) in [4.78, 5) is 10.9. The number of sulfonamides is 1. The van der Waals surface area contributed by atoms with Crippen LogP contribution in [0.5, 0.6) is 5.75 Å². The van der Waals surface area contributed by atoms with Gasteiger partial charge in [0, 0.05) is 31.5 Å². The van der Waals surface area contributed by atoms with Gasteiger partial charge < -0.3 is 9.64 Å². The largest absolute Gasteiger partial charge is 0.497 e. The van der Waals surface area contributed by atoms with Crippen molar-refractivity contribution < 1.29 is 13.2 Å². The number of aromatic nitrogens is 2. The van der Waals surface area contributed by atoms with E-state index < -0.39 is 10.0 Å². The topological polar surface area (TPSA) is 84.4 Å². The summed E-state index contributed by atoms with van der Waals surface area (Å²) in [5, 5.41) is 0. The second-order valence-corrected chi connectivity index (χ2v) is 8.20. The van der Waals surface area contributed by atoms with E-state index in [2.05, 4.69) is 14.7 Å². The van der Waals surface area contributed by atoms with Gasteiger partial charge in [0.1, 0.15) is 5.75 Å². The van der Waals surface area contributed by atoms with Crippen LogP contribution in [0, 0.1) is 13.8 Å². The second kappa shape index (κ2) is 7.59. The fraction of sp³-hybridized carbons (Fsp3) is 0.444. The number of benzene rings is 1. The van der Waals surface area contributed by atoms with E-state index in [0.29, 0.717) is 34.3 Å². The van der Waals surface area contributed by atoms with Crippen molar-refractivity contribution in [3.8, 4) is 5.75 Å². The molecule has 2 aromatic rings. The Kier molecular flexibility index (Phi) is 5.43. The molecule has 1 atom stereocenters. The molecule has 2 heterocycles. The molecule has 1 N–H and O–H groups in total. The monoisotopic (exact) mass is 376 g/mol. The van der Waals surface area contributed by atoms with Crippen molar-refractivity contribution in [2.45, 2.75) is 37.6 Å². The summed E-state index contributed by atoms with van der Waals surface area (Å²) in [5.41, 5.74) is 1.35. The van der Waals surface area contributed by atoms with E-state index in [9.17, 15) is 8.42 Å². The molecule has 0 spiro atoms. The molecular formula is C18H24N4O3S. The Morgan fingerprint density at radius 1 is 1.19 bits per heavy atom. The average Bonchev–Trinajstić information content (AvgIpc) is 2.61. The van der Waals surface area contributed by atoms with Gasteiger partial charge in [0.2, 0.25) is 16.0 Å². The number of rotatable bonds is 5. The highest BCUT2D eigenvalue weighted by atomic mass is 32.2. The third-order valence-electron chi connectivity index (χ3n) is 4.52. The summed E-state index contributed by atoms with van der Waals surface area (Å²) in [6.07, 6.45) is 5.06. The molecule has 1 saturated heterocycles. The number of piperidine rings is 1. The molecule has 1 fully saturated rings. The van der Waals surface area contributed by atoms with Crippen LogP contribution in [0.1, 0.15) is 24.0 Å². The molecule has 1 aromatic carbocycles. The normalized spacial score (nSPS) is 18.0. The van der Waals surface area contributed by atoms with E-state index in [0.717, 1.165) is 19.4 Å². The van der Waals surface area contributed by atoms with Crippen LogP contribution >= 0.6 is 0 Å². The van der Waals surface area contributed by atoms with Crippen LogP contribution in [0.15, 0.2) is 35.5 Å². The van der Waals surface area contributed by atoms with E-state index in [1.807, 2.05) is 4.90 Å². The average molecular weight is 376 g/mol. The molecule has 3 rings (SSSR count). The Morgan fingerprint density at radius 2 is 1.85 bits per heavy atom. The maximum atomic E-state index is 13.0. The number of hydrogen-bond acceptors (Lipinski definition) is 6. The lowest BCUT2D eigenvalue weighted by atomic mass is 10.1. The Bertz CT molecular complexity index is 848. The fourth-order valence-corrected chi connectivity index (χ4v) is 5.15. The van der Waals surface area contributed by atoms with E-state index >= 15 is 0 Å². The van der Waals surface area contributed by atoms with Crippen LogP contribution < -0.4 is 14.4 Å². The van der Waals surface area contributed by atoms with Crippen molar-refractivity contribution in [3.05, 3.63) is 41.7 Å². The second-order valence-electron chi connectivity index (χ2n) is 6.55. The Balaban J connectivity index is 1.79. The van der Waals surface area contributed by atoms with E-state index in [1.54, 1.807) is 51.6 Å². The van der Waals surface area contributed by atoms with Crippen LogP contribution in [0.25, 0.3) is 0 Å². The highest BCUT2D eigenvalue weighted by Gasteiger charge is 2.28. The number of nitrogens with zero attached hydrogens (tertiary/aromatic N) is 3. The quantitative estimate of drug-likeness (QED) is 0.860. The molecule has 8 heteroatoms. The number of nitrogens with one attached hydrogen (secondary N) is 1. The molecular weight excluding hydrogens is 352 g/mol. The van der Waals surface area contributed by atoms with E-state index in [4.69, 9.17) is 4.74 Å². The Hall–Kier alpha value is -2.19. The van der Waals surface area contributed by atoms with Crippen LogP contribution in [-0.2, 0) is 10.0 Å².